The molecule has 90 valence electrons. The molecule has 0 unspecified atom stereocenters. The summed E-state index contributed by atoms with van der Waals surface area (Å²) in [7, 11) is 0. The topological polar surface area (TPSA) is 188 Å². The van der Waals surface area contributed by atoms with Gasteiger partial charge in [-0.05, 0) is 0 Å². The third kappa shape index (κ3) is 408. The summed E-state index contributed by atoms with van der Waals surface area (Å²) in [6.07, 6.45) is 0.250. The average molecular weight is 218 g/mol. The summed E-state index contributed by atoms with van der Waals surface area (Å²) in [6.45, 7) is 13.5. The van der Waals surface area contributed by atoms with Crippen molar-refractivity contribution in [2.75, 3.05) is 0 Å². The van der Waals surface area contributed by atoms with E-state index < -0.39 is 0 Å². The van der Waals surface area contributed by atoms with Gasteiger partial charge in [-0.25, -0.2) is 0 Å². The number of carbonyl (C=O) groups excluding carboxylic acids is 2. The molecular weight excluding hydrogens is 200 g/mol. The molecule has 0 aromatic carbocycles. The standard InChI is InChI=1S/CO2.3CO.2CH4.3H2O.2H2/c2-1-3;3*1-2;;;;;;;/h;;;;2*1H4;3*1H2;2*1H. The van der Waals surface area contributed by atoms with E-state index in [0.717, 1.165) is 0 Å². The summed E-state index contributed by atoms with van der Waals surface area (Å²) in [6, 6.07) is 0. The molecule has 8 nitrogen and oxygen atoms in total. The van der Waals surface area contributed by atoms with Crippen molar-refractivity contribution in [1.82, 2.24) is 0 Å². The van der Waals surface area contributed by atoms with Gasteiger partial charge in [0, 0.05) is 2.85 Å². The first-order chi connectivity index (χ1) is 4.41. The zero-order valence-corrected chi connectivity index (χ0v) is 5.54. The van der Waals surface area contributed by atoms with Crippen molar-refractivity contribution in [3.05, 3.63) is 20.0 Å². The maximum atomic E-state index is 8.12. The van der Waals surface area contributed by atoms with Gasteiger partial charge >= 0.3 is 40.1 Å². The minimum Gasteiger partial charge on any atom is 0 e. The van der Waals surface area contributed by atoms with E-state index in [1.165, 1.54) is 0 Å². The average Bonchev–Trinajstić information content (AvgIpc) is 2.01. The Hall–Kier alpha value is -1.52. The van der Waals surface area contributed by atoms with E-state index in [-0.39, 0.29) is 40.3 Å². The normalized spacial score (nSPS) is 1.00. The van der Waals surface area contributed by atoms with Crippen molar-refractivity contribution in [3.63, 3.8) is 0 Å². The predicted molar refractivity (Wildman–Crippen MR) is 45.3 cm³/mol. The molecule has 0 aliphatic heterocycles. The summed E-state index contributed by atoms with van der Waals surface area (Å²) in [4.78, 5) is 16.2. The second kappa shape index (κ2) is 4660. The molecule has 0 radical (unpaired) electrons. The third-order valence-corrected chi connectivity index (χ3v) is 0. The van der Waals surface area contributed by atoms with Crippen molar-refractivity contribution in [2.24, 2.45) is 0 Å². The van der Waals surface area contributed by atoms with Gasteiger partial charge in [0.2, 0.25) is 0 Å². The summed E-state index contributed by atoms with van der Waals surface area (Å²) < 4.78 is 22.5. The second-order valence-corrected chi connectivity index (χ2v) is 0.0833. The Morgan fingerprint density at radius 2 is 0.714 bits per heavy atom. The zero-order chi connectivity index (χ0) is 8.71. The van der Waals surface area contributed by atoms with E-state index in [1.54, 1.807) is 0 Å². The molecule has 0 aliphatic rings. The Kier molecular flexibility index (Phi) is 45200. The van der Waals surface area contributed by atoms with Crippen molar-refractivity contribution < 1.29 is 42.8 Å². The van der Waals surface area contributed by atoms with Crippen LogP contribution >= 0.6 is 0 Å². The molecule has 0 bridgehead atoms. The molecule has 0 saturated heterocycles. The first-order valence-electron chi connectivity index (χ1n) is 1.02. The second-order valence-electron chi connectivity index (χ2n) is 0.0833. The van der Waals surface area contributed by atoms with Gasteiger partial charge in [-0.3, -0.25) is 0 Å². The molecule has 0 aromatic rings. The Morgan fingerprint density at radius 1 is 0.714 bits per heavy atom. The minimum atomic E-state index is 0. The largest absolute Gasteiger partial charge is 0 e. The van der Waals surface area contributed by atoms with Crippen LogP contribution in [-0.4, -0.2) is 22.6 Å². The van der Waals surface area contributed by atoms with E-state index in [0.29, 0.717) is 0 Å². The monoisotopic (exact) mass is 218 g/mol. The van der Waals surface area contributed by atoms with Crippen LogP contribution in [0.1, 0.15) is 17.7 Å². The van der Waals surface area contributed by atoms with Crippen LogP contribution in [0.4, 0.5) is 0 Å². The van der Waals surface area contributed by atoms with Crippen LogP contribution < -0.4 is 0 Å². The van der Waals surface area contributed by atoms with Gasteiger partial charge in [-0.1, -0.05) is 14.9 Å². The van der Waals surface area contributed by atoms with E-state index in [1.807, 2.05) is 0 Å². The van der Waals surface area contributed by atoms with E-state index in [4.69, 9.17) is 23.5 Å². The van der Waals surface area contributed by atoms with Crippen LogP contribution in [0, 0.1) is 20.0 Å². The molecule has 0 fully saturated rings. The summed E-state index contributed by atoms with van der Waals surface area (Å²) in [5.41, 5.74) is 0. The molecular formula is C6H18O8. The maximum absolute atomic E-state index is 8.12. The van der Waals surface area contributed by atoms with Crippen LogP contribution in [-0.2, 0) is 23.5 Å². The molecule has 0 spiro atoms. The van der Waals surface area contributed by atoms with Crippen molar-refractivity contribution in [3.8, 4) is 0 Å². The smallest absolute Gasteiger partial charge is 0 e. The molecule has 0 amide bonds. The summed E-state index contributed by atoms with van der Waals surface area (Å²) >= 11 is 0. The molecule has 0 aliphatic carbocycles. The van der Waals surface area contributed by atoms with Gasteiger partial charge in [0.05, 0.1) is 0 Å². The number of rotatable bonds is 0. The molecule has 0 aromatic heterocycles. The van der Waals surface area contributed by atoms with E-state index in [9.17, 15) is 0 Å². The van der Waals surface area contributed by atoms with Crippen molar-refractivity contribution >= 4 is 6.15 Å². The molecule has 0 heterocycles. The molecule has 0 atom stereocenters. The van der Waals surface area contributed by atoms with E-state index in [2.05, 4.69) is 20.0 Å². The molecule has 8 heteroatoms. The maximum Gasteiger partial charge on any atom is 0 e. The van der Waals surface area contributed by atoms with Gasteiger partial charge in [0.1, 0.15) is 0 Å². The van der Waals surface area contributed by atoms with E-state index >= 15 is 0 Å². The predicted octanol–water partition coefficient (Wildman–Crippen LogP) is -1.41. The molecule has 0 saturated carbocycles. The quantitative estimate of drug-likeness (QED) is 0.357. The van der Waals surface area contributed by atoms with Gasteiger partial charge in [0.25, 0.3) is 0 Å². The Balaban J connectivity index is -0.00000000205. The first-order valence-corrected chi connectivity index (χ1v) is 1.02. The van der Waals surface area contributed by atoms with Crippen molar-refractivity contribution in [2.45, 2.75) is 14.9 Å². The van der Waals surface area contributed by atoms with Crippen LogP contribution in [0.2, 0.25) is 0 Å². The fourth-order valence-electron chi connectivity index (χ4n) is 0. The van der Waals surface area contributed by atoms with Gasteiger partial charge in [-0.15, -0.1) is 0 Å². The Bertz CT molecular complexity index is 101. The van der Waals surface area contributed by atoms with Gasteiger partial charge < -0.3 is 16.4 Å². The summed E-state index contributed by atoms with van der Waals surface area (Å²) in [5.74, 6) is 0. The zero-order valence-electron chi connectivity index (χ0n) is 5.54. The van der Waals surface area contributed by atoms with Crippen LogP contribution in [0.15, 0.2) is 0 Å². The Labute approximate surface area is 85.0 Å². The van der Waals surface area contributed by atoms with Gasteiger partial charge in [-0.2, -0.15) is 9.59 Å². The van der Waals surface area contributed by atoms with Crippen LogP contribution in [0.5, 0.6) is 0 Å². The molecule has 0 rings (SSSR count). The minimum absolute atomic E-state index is 0. The van der Waals surface area contributed by atoms with Gasteiger partial charge in [0.15, 0.2) is 0 Å². The first kappa shape index (κ1) is 136. The number of hydrogen-bond acceptors (Lipinski definition) is 2. The third-order valence-electron chi connectivity index (χ3n) is 0. The fraction of sp³-hybridized carbons (Fsp3) is 0.333. The molecule has 6 N–H and O–H groups in total. The fourth-order valence-corrected chi connectivity index (χ4v) is 0. The number of hydrogen-bond donors (Lipinski definition) is 0. The summed E-state index contributed by atoms with van der Waals surface area (Å²) in [5, 5.41) is 0. The molecule has 14 heavy (non-hydrogen) atoms. The SMILES string of the molecule is C.C.O.O.O.O=C=O.[C-]#[O+].[C-]#[O+].[C-]#[O+].[HH].[HH]. The van der Waals surface area contributed by atoms with Crippen LogP contribution in [0.25, 0.3) is 0 Å². The van der Waals surface area contributed by atoms with Crippen molar-refractivity contribution in [1.29, 1.82) is 0 Å². The van der Waals surface area contributed by atoms with Crippen LogP contribution in [0.3, 0.4) is 0 Å². The Morgan fingerprint density at radius 3 is 0.714 bits per heavy atom.